The number of amides is 1. The Morgan fingerprint density at radius 2 is 1.96 bits per heavy atom. The first-order valence-electron chi connectivity index (χ1n) is 8.81. The number of nitrogens with zero attached hydrogens (tertiary/aromatic N) is 4. The fraction of sp³-hybridized carbons (Fsp3) is 0.421. The normalized spacial score (nSPS) is 11.2. The van der Waals surface area contributed by atoms with E-state index in [1.54, 1.807) is 4.68 Å². The van der Waals surface area contributed by atoms with Gasteiger partial charge >= 0.3 is 0 Å². The first-order valence-corrected chi connectivity index (χ1v) is 8.81. The molecule has 3 rings (SSSR count). The zero-order chi connectivity index (χ0) is 18.0. The maximum absolute atomic E-state index is 12.5. The van der Waals surface area contributed by atoms with Crippen LogP contribution in [0.15, 0.2) is 24.3 Å². The van der Waals surface area contributed by atoms with Crippen molar-refractivity contribution < 1.29 is 4.79 Å². The number of carbonyl (C=O) groups excluding carboxylic acids is 1. The number of benzene rings is 1. The Kier molecular flexibility index (Phi) is 4.88. The lowest BCUT2D eigenvalue weighted by molar-refractivity contribution is -0.116. The predicted octanol–water partition coefficient (Wildman–Crippen LogP) is 3.23. The molecule has 0 radical (unpaired) electrons. The van der Waals surface area contributed by atoms with Crippen molar-refractivity contribution in [2.24, 2.45) is 7.05 Å². The van der Waals surface area contributed by atoms with E-state index in [9.17, 15) is 4.79 Å². The summed E-state index contributed by atoms with van der Waals surface area (Å²) >= 11 is 0. The summed E-state index contributed by atoms with van der Waals surface area (Å²) < 4.78 is 3.89. The topological polar surface area (TPSA) is 64.7 Å². The second-order valence-electron chi connectivity index (χ2n) is 6.22. The number of aromatic nitrogens is 4. The van der Waals surface area contributed by atoms with Crippen LogP contribution in [-0.4, -0.2) is 25.2 Å². The highest BCUT2D eigenvalue weighted by Crippen LogP contribution is 2.20. The number of rotatable bonds is 6. The molecular weight excluding hydrogens is 314 g/mol. The zero-order valence-electron chi connectivity index (χ0n) is 15.3. The van der Waals surface area contributed by atoms with E-state index in [4.69, 9.17) is 0 Å². The van der Waals surface area contributed by atoms with Crippen LogP contribution in [0.25, 0.3) is 11.0 Å². The quantitative estimate of drug-likeness (QED) is 0.750. The number of hydrogen-bond donors (Lipinski definition) is 1. The monoisotopic (exact) mass is 339 g/mol. The molecule has 6 heteroatoms. The molecule has 0 aliphatic carbocycles. The number of anilines is 1. The van der Waals surface area contributed by atoms with Crippen LogP contribution in [0, 0.1) is 6.92 Å². The van der Waals surface area contributed by atoms with E-state index in [2.05, 4.69) is 39.9 Å². The molecular formula is C19H25N5O. The Bertz CT molecular complexity index is 906. The summed E-state index contributed by atoms with van der Waals surface area (Å²) in [7, 11) is 1.86. The summed E-state index contributed by atoms with van der Waals surface area (Å²) in [6.07, 6.45) is 2.10. The minimum atomic E-state index is -0.00594. The van der Waals surface area contributed by atoms with Crippen molar-refractivity contribution in [1.82, 2.24) is 19.3 Å². The third-order valence-electron chi connectivity index (χ3n) is 4.59. The molecule has 1 aromatic carbocycles. The molecule has 0 spiro atoms. The van der Waals surface area contributed by atoms with Gasteiger partial charge in [-0.15, -0.1) is 0 Å². The molecule has 1 N–H and O–H groups in total. The van der Waals surface area contributed by atoms with Gasteiger partial charge in [0, 0.05) is 32.0 Å². The standard InChI is InChI=1S/C19H25N5O/c1-5-14-13(3)19(23(4)22-14)21-18(25)11-12-24-16-10-8-7-9-15(16)20-17(24)6-2/h7-10H,5-6,11-12H2,1-4H3,(H,21,25). The van der Waals surface area contributed by atoms with Crippen LogP contribution in [0.2, 0.25) is 0 Å². The van der Waals surface area contributed by atoms with Gasteiger partial charge in [0.05, 0.1) is 16.7 Å². The highest BCUT2D eigenvalue weighted by Gasteiger charge is 2.15. The van der Waals surface area contributed by atoms with Crippen molar-refractivity contribution in [3.63, 3.8) is 0 Å². The van der Waals surface area contributed by atoms with Crippen LogP contribution in [0.3, 0.4) is 0 Å². The molecule has 3 aromatic rings. The Morgan fingerprint density at radius 1 is 1.20 bits per heavy atom. The molecule has 0 saturated carbocycles. The van der Waals surface area contributed by atoms with E-state index in [0.717, 1.165) is 46.8 Å². The van der Waals surface area contributed by atoms with E-state index in [0.29, 0.717) is 13.0 Å². The van der Waals surface area contributed by atoms with Gasteiger partial charge in [0.25, 0.3) is 0 Å². The van der Waals surface area contributed by atoms with Gasteiger partial charge < -0.3 is 9.88 Å². The van der Waals surface area contributed by atoms with Gasteiger partial charge in [-0.05, 0) is 25.5 Å². The molecule has 0 aliphatic rings. The average Bonchev–Trinajstić information content (AvgIpc) is 3.11. The minimum absolute atomic E-state index is 0.00594. The fourth-order valence-corrected chi connectivity index (χ4v) is 3.25. The second kappa shape index (κ2) is 7.09. The van der Waals surface area contributed by atoms with E-state index < -0.39 is 0 Å². The molecule has 0 saturated heterocycles. The maximum Gasteiger partial charge on any atom is 0.227 e. The van der Waals surface area contributed by atoms with Crippen molar-refractivity contribution in [3.8, 4) is 0 Å². The number of nitrogens with one attached hydrogen (secondary N) is 1. The van der Waals surface area contributed by atoms with Crippen LogP contribution in [0.4, 0.5) is 5.82 Å². The van der Waals surface area contributed by atoms with Crippen molar-refractivity contribution in [2.45, 2.75) is 46.6 Å². The average molecular weight is 339 g/mol. The molecule has 25 heavy (non-hydrogen) atoms. The Labute approximate surface area is 147 Å². The molecule has 132 valence electrons. The van der Waals surface area contributed by atoms with E-state index in [1.165, 1.54) is 0 Å². The molecule has 0 fully saturated rings. The molecule has 0 aliphatic heterocycles. The molecule has 2 heterocycles. The van der Waals surface area contributed by atoms with Crippen molar-refractivity contribution in [3.05, 3.63) is 41.3 Å². The zero-order valence-corrected chi connectivity index (χ0v) is 15.3. The maximum atomic E-state index is 12.5. The van der Waals surface area contributed by atoms with Crippen molar-refractivity contribution >= 4 is 22.8 Å². The van der Waals surface area contributed by atoms with Crippen LogP contribution in [-0.2, 0) is 31.2 Å². The minimum Gasteiger partial charge on any atom is -0.327 e. The molecule has 1 amide bonds. The lowest BCUT2D eigenvalue weighted by atomic mass is 10.2. The Hall–Kier alpha value is -2.63. The molecule has 0 atom stereocenters. The molecule has 6 nitrogen and oxygen atoms in total. The van der Waals surface area contributed by atoms with Gasteiger partial charge in [0.2, 0.25) is 5.91 Å². The van der Waals surface area contributed by atoms with Crippen LogP contribution < -0.4 is 5.32 Å². The number of imidazole rings is 1. The van der Waals surface area contributed by atoms with Gasteiger partial charge in [-0.3, -0.25) is 9.48 Å². The summed E-state index contributed by atoms with van der Waals surface area (Å²) in [6, 6.07) is 8.06. The summed E-state index contributed by atoms with van der Waals surface area (Å²) in [5, 5.41) is 7.46. The smallest absolute Gasteiger partial charge is 0.227 e. The van der Waals surface area contributed by atoms with Gasteiger partial charge in [0.15, 0.2) is 0 Å². The van der Waals surface area contributed by atoms with Crippen molar-refractivity contribution in [1.29, 1.82) is 0 Å². The summed E-state index contributed by atoms with van der Waals surface area (Å²) in [6.45, 7) is 6.77. The number of para-hydroxylation sites is 2. The van der Waals surface area contributed by atoms with Gasteiger partial charge in [0.1, 0.15) is 11.6 Å². The van der Waals surface area contributed by atoms with Crippen LogP contribution in [0.5, 0.6) is 0 Å². The second-order valence-corrected chi connectivity index (χ2v) is 6.22. The van der Waals surface area contributed by atoms with Gasteiger partial charge in [-0.1, -0.05) is 26.0 Å². The summed E-state index contributed by atoms with van der Waals surface area (Å²) in [5.41, 5.74) is 4.12. The van der Waals surface area contributed by atoms with E-state index in [-0.39, 0.29) is 5.91 Å². The van der Waals surface area contributed by atoms with Gasteiger partial charge in [-0.25, -0.2) is 4.98 Å². The highest BCUT2D eigenvalue weighted by atomic mass is 16.1. The number of fused-ring (bicyclic) bond motifs is 1. The lowest BCUT2D eigenvalue weighted by Crippen LogP contribution is -2.17. The number of hydrogen-bond acceptors (Lipinski definition) is 3. The highest BCUT2D eigenvalue weighted by molar-refractivity contribution is 5.90. The lowest BCUT2D eigenvalue weighted by Gasteiger charge is -2.10. The Morgan fingerprint density at radius 3 is 2.64 bits per heavy atom. The first kappa shape index (κ1) is 17.2. The largest absolute Gasteiger partial charge is 0.327 e. The molecule has 0 unspecified atom stereocenters. The number of aryl methyl sites for hydroxylation is 4. The first-order chi connectivity index (χ1) is 12.0. The third-order valence-corrected chi connectivity index (χ3v) is 4.59. The fourth-order valence-electron chi connectivity index (χ4n) is 3.25. The third kappa shape index (κ3) is 3.29. The van der Waals surface area contributed by atoms with Crippen molar-refractivity contribution in [2.75, 3.05) is 5.32 Å². The van der Waals surface area contributed by atoms with Crippen LogP contribution >= 0.6 is 0 Å². The number of carbonyl (C=O) groups is 1. The molecule has 2 aromatic heterocycles. The SMILES string of the molecule is CCc1nn(C)c(NC(=O)CCn2c(CC)nc3ccccc32)c1C. The van der Waals surface area contributed by atoms with E-state index in [1.807, 2.05) is 32.2 Å². The van der Waals surface area contributed by atoms with Crippen LogP contribution in [0.1, 0.15) is 37.4 Å². The predicted molar refractivity (Wildman–Crippen MR) is 99.7 cm³/mol. The van der Waals surface area contributed by atoms with Gasteiger partial charge in [-0.2, -0.15) is 5.10 Å². The Balaban J connectivity index is 1.74. The molecule has 0 bridgehead atoms. The summed E-state index contributed by atoms with van der Waals surface area (Å²) in [4.78, 5) is 17.1. The summed E-state index contributed by atoms with van der Waals surface area (Å²) in [5.74, 6) is 1.79. The van der Waals surface area contributed by atoms with E-state index >= 15 is 0 Å².